The van der Waals surface area contributed by atoms with E-state index < -0.39 is 0 Å². The van der Waals surface area contributed by atoms with Gasteiger partial charge < -0.3 is 15.4 Å². The van der Waals surface area contributed by atoms with Crippen molar-refractivity contribution in [2.45, 2.75) is 18.8 Å². The average Bonchev–Trinajstić information content (AvgIpc) is 2.93. The largest absolute Gasteiger partial charge is 0.496 e. The fraction of sp³-hybridized carbons (Fsp3) is 0.207. The van der Waals surface area contributed by atoms with Gasteiger partial charge in [-0.2, -0.15) is 0 Å². The van der Waals surface area contributed by atoms with Gasteiger partial charge in [0.2, 0.25) is 5.78 Å². The number of nitrogen functional groups attached to an aromatic ring is 1. The minimum Gasteiger partial charge on any atom is -0.496 e. The first-order valence-electron chi connectivity index (χ1n) is 11.8. The smallest absolute Gasteiger partial charge is 0.215 e. The van der Waals surface area contributed by atoms with Gasteiger partial charge in [-0.3, -0.25) is 4.79 Å². The summed E-state index contributed by atoms with van der Waals surface area (Å²) < 4.78 is 5.48. The number of rotatable bonds is 6. The second-order valence-electron chi connectivity index (χ2n) is 8.76. The Kier molecular flexibility index (Phi) is 6.44. The van der Waals surface area contributed by atoms with Crippen LogP contribution in [0.4, 0.5) is 11.6 Å². The highest BCUT2D eigenvalue weighted by molar-refractivity contribution is 6.11. The van der Waals surface area contributed by atoms with Crippen LogP contribution < -0.4 is 15.4 Å². The summed E-state index contributed by atoms with van der Waals surface area (Å²) in [6, 6.07) is 25.6. The quantitative estimate of drug-likeness (QED) is 0.358. The summed E-state index contributed by atoms with van der Waals surface area (Å²) in [7, 11) is 1.62. The lowest BCUT2D eigenvalue weighted by molar-refractivity contribution is 0.103. The molecule has 0 saturated carbocycles. The lowest BCUT2D eigenvalue weighted by Crippen LogP contribution is -2.35. The zero-order valence-electron chi connectivity index (χ0n) is 19.7. The number of nitrogens with two attached hydrogens (primary N) is 1. The van der Waals surface area contributed by atoms with Crippen molar-refractivity contribution in [3.05, 3.63) is 102 Å². The molecule has 1 unspecified atom stereocenters. The third-order valence-electron chi connectivity index (χ3n) is 6.56. The van der Waals surface area contributed by atoms with Gasteiger partial charge in [-0.05, 0) is 42.7 Å². The van der Waals surface area contributed by atoms with Crippen molar-refractivity contribution in [2.75, 3.05) is 30.8 Å². The molecule has 1 aliphatic rings. The highest BCUT2D eigenvalue weighted by Crippen LogP contribution is 2.32. The van der Waals surface area contributed by atoms with Crippen LogP contribution in [-0.2, 0) is 0 Å². The second kappa shape index (κ2) is 9.97. The van der Waals surface area contributed by atoms with Gasteiger partial charge in [0.25, 0.3) is 0 Å². The SMILES string of the molecule is COc1ccccc1-c1cnc(N)c(C(=O)c2cccc(N3CCCC(c4ccccc4)C3)n2)c1.[HH].[HH]. The van der Waals surface area contributed by atoms with E-state index in [4.69, 9.17) is 15.5 Å². The Hall–Kier alpha value is -4.19. The van der Waals surface area contributed by atoms with E-state index >= 15 is 0 Å². The fourth-order valence-corrected chi connectivity index (χ4v) is 4.73. The van der Waals surface area contributed by atoms with Gasteiger partial charge in [0, 0.05) is 39.2 Å². The molecule has 1 atom stereocenters. The summed E-state index contributed by atoms with van der Waals surface area (Å²) in [6.45, 7) is 1.79. The molecule has 0 radical (unpaired) electrons. The highest BCUT2D eigenvalue weighted by Gasteiger charge is 2.24. The molecule has 6 nitrogen and oxygen atoms in total. The van der Waals surface area contributed by atoms with Crippen LogP contribution in [0.5, 0.6) is 5.75 Å². The Morgan fingerprint density at radius 2 is 1.86 bits per heavy atom. The minimum atomic E-state index is -0.245. The molecule has 1 saturated heterocycles. The summed E-state index contributed by atoms with van der Waals surface area (Å²) in [5.74, 6) is 1.90. The number of methoxy groups -OCH3 is 1. The van der Waals surface area contributed by atoms with Crippen LogP contribution in [0.15, 0.2) is 85.1 Å². The van der Waals surface area contributed by atoms with Gasteiger partial charge in [-0.25, -0.2) is 9.97 Å². The summed E-state index contributed by atoms with van der Waals surface area (Å²) in [6.07, 6.45) is 3.89. The standard InChI is InChI=1S/C29H28N4O2.2H2/c1-35-26-14-6-5-12-23(26)22-17-24(29(30)31-18-22)28(34)25-13-7-15-27(32-25)33-16-8-11-21(19-33)20-9-3-2-4-10-20;;/h2-7,9-10,12-15,17-18,21H,8,11,16,19H2,1H3,(H2,30,31);2*1H. The number of aromatic nitrogens is 2. The molecule has 1 aliphatic heterocycles. The summed E-state index contributed by atoms with van der Waals surface area (Å²) >= 11 is 0. The second-order valence-corrected chi connectivity index (χ2v) is 8.76. The predicted octanol–water partition coefficient (Wildman–Crippen LogP) is 5.84. The lowest BCUT2D eigenvalue weighted by atomic mass is 9.90. The van der Waals surface area contributed by atoms with Gasteiger partial charge in [0.1, 0.15) is 23.1 Å². The summed E-state index contributed by atoms with van der Waals surface area (Å²) in [5.41, 5.74) is 9.78. The number of carbonyl (C=O) groups is 1. The number of para-hydroxylation sites is 1. The van der Waals surface area contributed by atoms with Crippen LogP contribution in [-0.4, -0.2) is 36.0 Å². The first-order chi connectivity index (χ1) is 17.1. The van der Waals surface area contributed by atoms with Gasteiger partial charge in [-0.1, -0.05) is 54.6 Å². The maximum atomic E-state index is 13.5. The third kappa shape index (κ3) is 4.73. The number of anilines is 2. The molecule has 3 heterocycles. The Morgan fingerprint density at radius 1 is 1.06 bits per heavy atom. The number of nitrogens with zero attached hydrogens (tertiary/aromatic N) is 3. The molecule has 4 aromatic rings. The van der Waals surface area contributed by atoms with Crippen LogP contribution in [0.1, 0.15) is 43.2 Å². The molecule has 0 bridgehead atoms. The van der Waals surface area contributed by atoms with Gasteiger partial charge >= 0.3 is 0 Å². The van der Waals surface area contributed by atoms with Crippen molar-refractivity contribution in [1.82, 2.24) is 9.97 Å². The molecule has 2 aromatic carbocycles. The van der Waals surface area contributed by atoms with Crippen LogP contribution in [0.2, 0.25) is 0 Å². The number of benzene rings is 2. The Bertz CT molecular complexity index is 1350. The van der Waals surface area contributed by atoms with Gasteiger partial charge in [-0.15, -0.1) is 0 Å². The van der Waals surface area contributed by atoms with Crippen molar-refractivity contribution in [3.8, 4) is 16.9 Å². The van der Waals surface area contributed by atoms with E-state index in [0.717, 1.165) is 42.9 Å². The van der Waals surface area contributed by atoms with E-state index in [0.29, 0.717) is 22.9 Å². The minimum absolute atomic E-state index is 0. The van der Waals surface area contributed by atoms with E-state index in [-0.39, 0.29) is 14.5 Å². The maximum Gasteiger partial charge on any atom is 0.215 e. The van der Waals surface area contributed by atoms with Crippen molar-refractivity contribution in [3.63, 3.8) is 0 Å². The average molecular weight is 469 g/mol. The highest BCUT2D eigenvalue weighted by atomic mass is 16.5. The zero-order chi connectivity index (χ0) is 24.2. The molecule has 0 aliphatic carbocycles. The van der Waals surface area contributed by atoms with E-state index in [2.05, 4.69) is 34.1 Å². The van der Waals surface area contributed by atoms with Crippen molar-refractivity contribution in [2.24, 2.45) is 0 Å². The van der Waals surface area contributed by atoms with Gasteiger partial charge in [0.05, 0.1) is 12.7 Å². The van der Waals surface area contributed by atoms with Crippen LogP contribution in [0, 0.1) is 0 Å². The maximum absolute atomic E-state index is 13.5. The first kappa shape index (κ1) is 22.6. The fourth-order valence-electron chi connectivity index (χ4n) is 4.73. The number of pyridine rings is 2. The van der Waals surface area contributed by atoms with Crippen molar-refractivity contribution < 1.29 is 12.4 Å². The Morgan fingerprint density at radius 3 is 2.69 bits per heavy atom. The third-order valence-corrected chi connectivity index (χ3v) is 6.56. The molecule has 180 valence electrons. The van der Waals surface area contributed by atoms with E-state index in [1.807, 2.05) is 42.5 Å². The molecular weight excluding hydrogens is 436 g/mol. The number of carbonyl (C=O) groups excluding carboxylic acids is 1. The van der Waals surface area contributed by atoms with Crippen LogP contribution in [0.3, 0.4) is 0 Å². The molecule has 0 amide bonds. The molecule has 5 rings (SSSR count). The number of piperidine rings is 1. The number of hydrogen-bond donors (Lipinski definition) is 1. The van der Waals surface area contributed by atoms with E-state index in [1.165, 1.54) is 5.56 Å². The van der Waals surface area contributed by atoms with Crippen LogP contribution in [0.25, 0.3) is 11.1 Å². The predicted molar refractivity (Wildman–Crippen MR) is 143 cm³/mol. The molecule has 2 aromatic heterocycles. The van der Waals surface area contributed by atoms with E-state index in [9.17, 15) is 4.79 Å². The molecule has 2 N–H and O–H groups in total. The monoisotopic (exact) mass is 468 g/mol. The van der Waals surface area contributed by atoms with Crippen LogP contribution >= 0.6 is 0 Å². The summed E-state index contributed by atoms with van der Waals surface area (Å²) in [4.78, 5) is 24.8. The topological polar surface area (TPSA) is 81.3 Å². The van der Waals surface area contributed by atoms with Crippen molar-refractivity contribution >= 4 is 17.4 Å². The number of hydrogen-bond acceptors (Lipinski definition) is 6. The molecule has 0 spiro atoms. The molecule has 35 heavy (non-hydrogen) atoms. The normalized spacial score (nSPS) is 15.6. The zero-order valence-corrected chi connectivity index (χ0v) is 19.7. The number of ether oxygens (including phenoxy) is 1. The molecule has 1 fully saturated rings. The van der Waals surface area contributed by atoms with Crippen molar-refractivity contribution in [1.29, 1.82) is 0 Å². The number of ketones is 1. The molecular formula is C29H32N4O2. The van der Waals surface area contributed by atoms with E-state index in [1.54, 1.807) is 25.4 Å². The lowest BCUT2D eigenvalue weighted by Gasteiger charge is -2.34. The Labute approximate surface area is 208 Å². The first-order valence-corrected chi connectivity index (χ1v) is 11.8. The molecule has 6 heteroatoms. The Balaban J connectivity index is 0.00000190. The summed E-state index contributed by atoms with van der Waals surface area (Å²) in [5, 5.41) is 0. The van der Waals surface area contributed by atoms with Gasteiger partial charge in [0.15, 0.2) is 0 Å².